The topological polar surface area (TPSA) is 93.1 Å². The molecule has 1 amide bonds. The lowest BCUT2D eigenvalue weighted by Crippen LogP contribution is -2.23. The lowest BCUT2D eigenvalue weighted by molar-refractivity contribution is -0.139. The summed E-state index contributed by atoms with van der Waals surface area (Å²) in [7, 11) is 1.60. The number of hydrogen-bond donors (Lipinski definition) is 1. The van der Waals surface area contributed by atoms with Gasteiger partial charge in [-0.3, -0.25) is 4.79 Å². The Balaban J connectivity index is 1.91. The van der Waals surface area contributed by atoms with Crippen molar-refractivity contribution >= 4 is 34.1 Å². The fourth-order valence-corrected chi connectivity index (χ4v) is 3.12. The Morgan fingerprint density at radius 2 is 2.03 bits per heavy atom. The minimum atomic E-state index is -4.63. The van der Waals surface area contributed by atoms with Crippen molar-refractivity contribution in [1.29, 1.82) is 0 Å². The molecule has 0 saturated carbocycles. The summed E-state index contributed by atoms with van der Waals surface area (Å²) in [5, 5.41) is 3.23. The first kappa shape index (κ1) is 22.4. The smallest absolute Gasteiger partial charge is 0.420 e. The number of aromatic nitrogens is 4. The molecular weight excluding hydrogens is 433 g/mol. The second-order valence-electron chi connectivity index (χ2n) is 6.73. The van der Waals surface area contributed by atoms with Gasteiger partial charge in [0.15, 0.2) is 11.6 Å². The highest BCUT2D eigenvalue weighted by atomic mass is 32.1. The Labute approximate surface area is 180 Å². The average molecular weight is 452 g/mol. The van der Waals surface area contributed by atoms with Gasteiger partial charge in [-0.05, 0) is 32.0 Å². The first-order chi connectivity index (χ1) is 14.6. The Kier molecular flexibility index (Phi) is 6.39. The van der Waals surface area contributed by atoms with Crippen molar-refractivity contribution in [3.05, 3.63) is 36.2 Å². The van der Waals surface area contributed by atoms with Crippen LogP contribution < -0.4 is 15.0 Å². The molecule has 0 aromatic carbocycles. The number of halogens is 3. The monoisotopic (exact) mass is 452 g/mol. The van der Waals surface area contributed by atoms with Gasteiger partial charge in [0.2, 0.25) is 11.0 Å². The standard InChI is InChI=1S/C19H19F3N6O2S/c1-10(2)30-15-9-24-13(8-12(15)19(20,21)22)16-25-18(31-27-16)26-17-14(6-5-7-23-17)28(4)11(3)29/h5-10H,1-4H3,(H,23,25,26,27). The van der Waals surface area contributed by atoms with Crippen molar-refractivity contribution in [2.75, 3.05) is 17.3 Å². The third-order valence-corrected chi connectivity index (χ3v) is 4.67. The summed E-state index contributed by atoms with van der Waals surface area (Å²) >= 11 is 0.928. The molecule has 0 atom stereocenters. The lowest BCUT2D eigenvalue weighted by Gasteiger charge is -2.17. The highest BCUT2D eigenvalue weighted by molar-refractivity contribution is 7.09. The number of alkyl halides is 3. The van der Waals surface area contributed by atoms with Gasteiger partial charge in [-0.1, -0.05) is 0 Å². The number of carbonyl (C=O) groups excluding carboxylic acids is 1. The van der Waals surface area contributed by atoms with Crippen molar-refractivity contribution in [2.45, 2.75) is 33.1 Å². The van der Waals surface area contributed by atoms with Crippen molar-refractivity contribution in [1.82, 2.24) is 19.3 Å². The van der Waals surface area contributed by atoms with Gasteiger partial charge < -0.3 is 15.0 Å². The SMILES string of the molecule is CC(=O)N(C)c1cccnc1Nc1nc(-c2cc(C(F)(F)F)c(OC(C)C)cn2)ns1. The molecule has 1 N–H and O–H groups in total. The number of hydrogen-bond acceptors (Lipinski definition) is 8. The molecule has 8 nitrogen and oxygen atoms in total. The number of carbonyl (C=O) groups is 1. The van der Waals surface area contributed by atoms with Gasteiger partial charge in [-0.2, -0.15) is 22.5 Å². The highest BCUT2D eigenvalue weighted by Gasteiger charge is 2.36. The van der Waals surface area contributed by atoms with E-state index in [1.807, 2.05) is 0 Å². The zero-order valence-electron chi connectivity index (χ0n) is 17.1. The van der Waals surface area contributed by atoms with Gasteiger partial charge in [-0.25, -0.2) is 9.97 Å². The predicted molar refractivity (Wildman–Crippen MR) is 111 cm³/mol. The maximum absolute atomic E-state index is 13.5. The van der Waals surface area contributed by atoms with E-state index < -0.39 is 17.8 Å². The van der Waals surface area contributed by atoms with E-state index in [-0.39, 0.29) is 28.3 Å². The van der Waals surface area contributed by atoms with E-state index in [4.69, 9.17) is 4.74 Å². The maximum Gasteiger partial charge on any atom is 0.420 e. The van der Waals surface area contributed by atoms with E-state index >= 15 is 0 Å². The van der Waals surface area contributed by atoms with E-state index in [1.165, 1.54) is 18.0 Å². The van der Waals surface area contributed by atoms with Crippen molar-refractivity contribution < 1.29 is 22.7 Å². The molecule has 0 bridgehead atoms. The van der Waals surface area contributed by atoms with Crippen LogP contribution >= 0.6 is 11.5 Å². The first-order valence-electron chi connectivity index (χ1n) is 9.10. The molecule has 12 heteroatoms. The Bertz CT molecular complexity index is 1090. The number of anilines is 3. The van der Waals surface area contributed by atoms with E-state index in [9.17, 15) is 18.0 Å². The van der Waals surface area contributed by atoms with Crippen LogP contribution in [0, 0.1) is 0 Å². The molecule has 0 aliphatic heterocycles. The van der Waals surface area contributed by atoms with Crippen molar-refractivity contribution in [3.8, 4) is 17.3 Å². The summed E-state index contributed by atoms with van der Waals surface area (Å²) in [6.45, 7) is 4.67. The van der Waals surface area contributed by atoms with Gasteiger partial charge in [0.1, 0.15) is 17.0 Å². The van der Waals surface area contributed by atoms with Crippen molar-refractivity contribution in [2.24, 2.45) is 0 Å². The summed E-state index contributed by atoms with van der Waals surface area (Å²) in [5.74, 6) is -0.175. The fraction of sp³-hybridized carbons (Fsp3) is 0.316. The van der Waals surface area contributed by atoms with Crippen molar-refractivity contribution in [3.63, 3.8) is 0 Å². The summed E-state index contributed by atoms with van der Waals surface area (Å²) < 4.78 is 49.7. The quantitative estimate of drug-likeness (QED) is 0.587. The fourth-order valence-electron chi connectivity index (χ4n) is 2.55. The molecule has 0 unspecified atom stereocenters. The Morgan fingerprint density at radius 1 is 1.29 bits per heavy atom. The normalized spacial score (nSPS) is 11.5. The number of pyridine rings is 2. The van der Waals surface area contributed by atoms with Crippen LogP contribution in [-0.2, 0) is 11.0 Å². The molecular formula is C19H19F3N6O2S. The molecule has 3 heterocycles. The number of amides is 1. The van der Waals surface area contributed by atoms with Crippen LogP contribution in [0.25, 0.3) is 11.5 Å². The highest BCUT2D eigenvalue weighted by Crippen LogP contribution is 2.38. The minimum Gasteiger partial charge on any atom is -0.489 e. The molecule has 3 rings (SSSR count). The van der Waals surface area contributed by atoms with E-state index in [1.54, 1.807) is 33.0 Å². The largest absolute Gasteiger partial charge is 0.489 e. The molecule has 31 heavy (non-hydrogen) atoms. The van der Waals surface area contributed by atoms with Crippen LogP contribution in [0.4, 0.5) is 29.8 Å². The molecule has 3 aromatic heterocycles. The van der Waals surface area contributed by atoms with Crippen LogP contribution in [0.2, 0.25) is 0 Å². The van der Waals surface area contributed by atoms with Gasteiger partial charge in [0.25, 0.3) is 0 Å². The Hall–Kier alpha value is -3.28. The summed E-state index contributed by atoms with van der Waals surface area (Å²) in [5.41, 5.74) is -0.486. The van der Waals surface area contributed by atoms with Crippen LogP contribution in [0.15, 0.2) is 30.6 Å². The van der Waals surface area contributed by atoms with E-state index in [0.29, 0.717) is 11.5 Å². The summed E-state index contributed by atoms with van der Waals surface area (Å²) in [6.07, 6.45) is -2.51. The zero-order valence-corrected chi connectivity index (χ0v) is 17.9. The van der Waals surface area contributed by atoms with Gasteiger partial charge in [0, 0.05) is 31.7 Å². The van der Waals surface area contributed by atoms with Crippen LogP contribution in [0.3, 0.4) is 0 Å². The van der Waals surface area contributed by atoms with Gasteiger partial charge in [0.05, 0.1) is 18.0 Å². The molecule has 0 spiro atoms. The third kappa shape index (κ3) is 5.26. The number of ether oxygens (including phenoxy) is 1. The second-order valence-corrected chi connectivity index (χ2v) is 7.48. The van der Waals surface area contributed by atoms with Gasteiger partial charge in [-0.15, -0.1) is 0 Å². The number of nitrogens with one attached hydrogen (secondary N) is 1. The zero-order chi connectivity index (χ0) is 22.8. The van der Waals surface area contributed by atoms with Crippen LogP contribution in [-0.4, -0.2) is 38.4 Å². The molecule has 0 aliphatic carbocycles. The minimum absolute atomic E-state index is 0.0199. The first-order valence-corrected chi connectivity index (χ1v) is 9.88. The number of rotatable bonds is 6. The van der Waals surface area contributed by atoms with Crippen LogP contribution in [0.1, 0.15) is 26.3 Å². The van der Waals surface area contributed by atoms with Crippen LogP contribution in [0.5, 0.6) is 5.75 Å². The summed E-state index contributed by atoms with van der Waals surface area (Å²) in [6, 6.07) is 4.23. The lowest BCUT2D eigenvalue weighted by atomic mass is 10.2. The average Bonchev–Trinajstić information content (AvgIpc) is 3.15. The number of nitrogens with zero attached hydrogens (tertiary/aromatic N) is 5. The predicted octanol–water partition coefficient (Wildman–Crippen LogP) is 4.53. The molecule has 164 valence electrons. The molecule has 0 fully saturated rings. The van der Waals surface area contributed by atoms with E-state index in [0.717, 1.165) is 23.8 Å². The molecule has 0 aliphatic rings. The Morgan fingerprint density at radius 3 is 2.68 bits per heavy atom. The third-order valence-electron chi connectivity index (χ3n) is 4.04. The maximum atomic E-state index is 13.5. The summed E-state index contributed by atoms with van der Waals surface area (Å²) in [4.78, 5) is 25.5. The van der Waals surface area contributed by atoms with Gasteiger partial charge >= 0.3 is 6.18 Å². The van der Waals surface area contributed by atoms with E-state index in [2.05, 4.69) is 24.6 Å². The molecule has 0 saturated heterocycles. The second kappa shape index (κ2) is 8.84. The molecule has 0 radical (unpaired) electrons. The molecule has 3 aromatic rings.